The number of hydrogen-bond donors (Lipinski definition) is 4. The molecule has 7 nitrogen and oxygen atoms in total. The smallest absolute Gasteiger partial charge is 0.267 e. The molecule has 3 atom stereocenters. The van der Waals surface area contributed by atoms with Gasteiger partial charge in [-0.25, -0.2) is 0 Å². The Kier molecular flexibility index (Phi) is 31.5. The Balaban J connectivity index is 4.13. The van der Waals surface area contributed by atoms with Crippen molar-refractivity contribution in [2.45, 2.75) is 205 Å². The molecule has 8 heteroatoms. The highest BCUT2D eigenvalue weighted by atomic mass is 32.2. The van der Waals surface area contributed by atoms with Crippen molar-refractivity contribution in [1.29, 1.82) is 0 Å². The van der Waals surface area contributed by atoms with Crippen molar-refractivity contribution in [3.63, 3.8) is 0 Å². The van der Waals surface area contributed by atoms with Crippen LogP contribution in [0.15, 0.2) is 24.3 Å². The molecule has 0 saturated carbocycles. The fourth-order valence-corrected chi connectivity index (χ4v) is 6.50. The Labute approximate surface area is 284 Å². The van der Waals surface area contributed by atoms with Crippen LogP contribution in [0.4, 0.5) is 0 Å². The number of aliphatic hydroxyl groups excluding tert-OH is 2. The van der Waals surface area contributed by atoms with E-state index in [2.05, 4.69) is 31.3 Å². The van der Waals surface area contributed by atoms with Crippen molar-refractivity contribution in [3.8, 4) is 0 Å². The summed E-state index contributed by atoms with van der Waals surface area (Å²) in [4.78, 5) is 12.5. The first kappa shape index (κ1) is 44.8. The van der Waals surface area contributed by atoms with Gasteiger partial charge in [0.1, 0.15) is 6.10 Å². The van der Waals surface area contributed by atoms with Gasteiger partial charge in [-0.15, -0.1) is 0 Å². The summed E-state index contributed by atoms with van der Waals surface area (Å²) in [6.07, 6.45) is 36.6. The van der Waals surface area contributed by atoms with Crippen molar-refractivity contribution in [2.24, 2.45) is 0 Å². The molecule has 4 N–H and O–H groups in total. The third-order valence-corrected chi connectivity index (χ3v) is 9.52. The number of aliphatic hydroxyl groups is 2. The van der Waals surface area contributed by atoms with Gasteiger partial charge in [0, 0.05) is 0 Å². The summed E-state index contributed by atoms with van der Waals surface area (Å²) in [7, 11) is -4.44. The van der Waals surface area contributed by atoms with Crippen LogP contribution >= 0.6 is 0 Å². The number of unbranched alkanes of at least 4 members (excludes halogenated alkanes) is 23. The lowest BCUT2D eigenvalue weighted by Crippen LogP contribution is -2.50. The van der Waals surface area contributed by atoms with E-state index in [9.17, 15) is 28.0 Å². The van der Waals surface area contributed by atoms with Crippen molar-refractivity contribution in [1.82, 2.24) is 5.32 Å². The third-order valence-electron chi connectivity index (χ3n) is 8.74. The van der Waals surface area contributed by atoms with Crippen LogP contribution in [0.3, 0.4) is 0 Å². The SMILES string of the molecule is CCCCCCCCCCCCC/C=C/CC/C=C/C(O)C(CS(=O)(=O)O)NC(=O)C(O)CCCCCCCCCCCCCC. The minimum Gasteiger partial charge on any atom is -0.387 e. The average Bonchev–Trinajstić information content (AvgIpc) is 3.01. The van der Waals surface area contributed by atoms with E-state index < -0.39 is 40.0 Å². The molecule has 0 aliphatic heterocycles. The zero-order valence-corrected chi connectivity index (χ0v) is 30.6. The molecule has 0 aromatic rings. The van der Waals surface area contributed by atoms with Crippen LogP contribution in [0.1, 0.15) is 187 Å². The summed E-state index contributed by atoms with van der Waals surface area (Å²) >= 11 is 0. The quantitative estimate of drug-likeness (QED) is 0.0307. The van der Waals surface area contributed by atoms with E-state index in [0.29, 0.717) is 12.8 Å². The van der Waals surface area contributed by atoms with Gasteiger partial charge in [0.2, 0.25) is 5.91 Å². The predicted octanol–water partition coefficient (Wildman–Crippen LogP) is 9.77. The summed E-state index contributed by atoms with van der Waals surface area (Å²) in [5.41, 5.74) is 0. The van der Waals surface area contributed by atoms with E-state index in [-0.39, 0.29) is 6.42 Å². The first-order valence-corrected chi connectivity index (χ1v) is 20.8. The first-order valence-electron chi connectivity index (χ1n) is 19.1. The highest BCUT2D eigenvalue weighted by molar-refractivity contribution is 7.85. The Morgan fingerprint density at radius 2 is 0.978 bits per heavy atom. The van der Waals surface area contributed by atoms with Gasteiger partial charge in [0.25, 0.3) is 10.1 Å². The number of hydrogen-bond acceptors (Lipinski definition) is 5. The second-order valence-electron chi connectivity index (χ2n) is 13.3. The second-order valence-corrected chi connectivity index (χ2v) is 14.8. The molecule has 0 aromatic heterocycles. The monoisotopic (exact) mass is 672 g/mol. The third kappa shape index (κ3) is 31.4. The molecular weight excluding hydrogens is 598 g/mol. The Hall–Kier alpha value is -1.22. The molecule has 0 aliphatic rings. The first-order chi connectivity index (χ1) is 22.2. The maximum Gasteiger partial charge on any atom is 0.267 e. The highest BCUT2D eigenvalue weighted by Gasteiger charge is 2.27. The Bertz CT molecular complexity index is 844. The van der Waals surface area contributed by atoms with Gasteiger partial charge >= 0.3 is 0 Å². The summed E-state index contributed by atoms with van der Waals surface area (Å²) in [6.45, 7) is 4.49. The second kappa shape index (κ2) is 32.3. The molecule has 3 unspecified atom stereocenters. The maximum atomic E-state index is 12.5. The van der Waals surface area contributed by atoms with E-state index in [1.54, 1.807) is 6.08 Å². The van der Waals surface area contributed by atoms with Crippen LogP contribution in [0, 0.1) is 0 Å². The van der Waals surface area contributed by atoms with Gasteiger partial charge in [-0.05, 0) is 32.1 Å². The molecule has 0 bridgehead atoms. The summed E-state index contributed by atoms with van der Waals surface area (Å²) in [6, 6.07) is -1.24. The van der Waals surface area contributed by atoms with E-state index in [1.807, 2.05) is 0 Å². The highest BCUT2D eigenvalue weighted by Crippen LogP contribution is 2.14. The lowest BCUT2D eigenvalue weighted by atomic mass is 10.0. The van der Waals surface area contributed by atoms with Crippen molar-refractivity contribution < 1.29 is 28.0 Å². The molecule has 0 rings (SSSR count). The van der Waals surface area contributed by atoms with Crippen LogP contribution in [-0.2, 0) is 14.9 Å². The predicted molar refractivity (Wildman–Crippen MR) is 195 cm³/mol. The normalized spacial score (nSPS) is 14.3. The number of carbonyl (C=O) groups excluding carboxylic acids is 1. The van der Waals surface area contributed by atoms with Crippen molar-refractivity contribution >= 4 is 16.0 Å². The van der Waals surface area contributed by atoms with E-state index in [1.165, 1.54) is 128 Å². The number of rotatable bonds is 34. The van der Waals surface area contributed by atoms with Crippen LogP contribution < -0.4 is 5.32 Å². The zero-order chi connectivity index (χ0) is 34.1. The maximum absolute atomic E-state index is 12.5. The van der Waals surface area contributed by atoms with Crippen molar-refractivity contribution in [3.05, 3.63) is 24.3 Å². The molecule has 0 heterocycles. The number of amides is 1. The molecule has 0 radical (unpaired) electrons. The zero-order valence-electron chi connectivity index (χ0n) is 29.8. The lowest BCUT2D eigenvalue weighted by molar-refractivity contribution is -0.130. The Morgan fingerprint density at radius 1 is 0.587 bits per heavy atom. The van der Waals surface area contributed by atoms with E-state index in [4.69, 9.17) is 0 Å². The fraction of sp³-hybridized carbons (Fsp3) is 0.868. The van der Waals surface area contributed by atoms with Gasteiger partial charge in [0.15, 0.2) is 0 Å². The summed E-state index contributed by atoms with van der Waals surface area (Å²) < 4.78 is 32.4. The van der Waals surface area contributed by atoms with Crippen molar-refractivity contribution in [2.75, 3.05) is 5.75 Å². The molecule has 0 aromatic carbocycles. The number of allylic oxidation sites excluding steroid dienone is 3. The Morgan fingerprint density at radius 3 is 1.43 bits per heavy atom. The largest absolute Gasteiger partial charge is 0.387 e. The van der Waals surface area contributed by atoms with Gasteiger partial charge < -0.3 is 15.5 Å². The molecule has 0 saturated heterocycles. The molecule has 0 spiro atoms. The average molecular weight is 672 g/mol. The van der Waals surface area contributed by atoms with Crippen LogP contribution in [-0.4, -0.2) is 53.1 Å². The molecule has 46 heavy (non-hydrogen) atoms. The van der Waals surface area contributed by atoms with Gasteiger partial charge in [-0.1, -0.05) is 179 Å². The minimum absolute atomic E-state index is 0.277. The topological polar surface area (TPSA) is 124 Å². The number of nitrogens with one attached hydrogen (secondary N) is 1. The molecular formula is C38H73NO6S. The van der Waals surface area contributed by atoms with Gasteiger partial charge in [0.05, 0.1) is 17.9 Å². The molecule has 0 fully saturated rings. The van der Waals surface area contributed by atoms with E-state index in [0.717, 1.165) is 32.1 Å². The summed E-state index contributed by atoms with van der Waals surface area (Å²) in [5, 5.41) is 23.3. The van der Waals surface area contributed by atoms with Crippen LogP contribution in [0.5, 0.6) is 0 Å². The standard InChI is InChI=1S/C38H73NO6S/c1-3-5-7-9-11-13-15-17-18-19-20-21-23-24-26-28-30-32-36(40)35(34-46(43,44)45)39-38(42)37(41)33-31-29-27-25-22-16-14-12-10-8-6-4-2/h23-24,30,32,35-37,40-41H,3-22,25-29,31,33-34H2,1-2H3,(H,39,42)(H,43,44,45)/b24-23+,32-30+. The minimum atomic E-state index is -4.44. The summed E-state index contributed by atoms with van der Waals surface area (Å²) in [5.74, 6) is -1.55. The fourth-order valence-electron chi connectivity index (χ4n) is 5.77. The molecule has 0 aliphatic carbocycles. The molecule has 272 valence electrons. The van der Waals surface area contributed by atoms with Gasteiger partial charge in [-0.2, -0.15) is 8.42 Å². The lowest BCUT2D eigenvalue weighted by Gasteiger charge is -2.22. The number of carbonyl (C=O) groups is 1. The van der Waals surface area contributed by atoms with Crippen LogP contribution in [0.25, 0.3) is 0 Å². The van der Waals surface area contributed by atoms with E-state index >= 15 is 0 Å². The van der Waals surface area contributed by atoms with Crippen LogP contribution in [0.2, 0.25) is 0 Å². The molecule has 1 amide bonds. The van der Waals surface area contributed by atoms with Gasteiger partial charge in [-0.3, -0.25) is 9.35 Å².